The average molecular weight is 354 g/mol. The largest absolute Gasteiger partial charge is 0.364 e. The fraction of sp³-hybridized carbons (Fsp3) is 0.316. The molecule has 7 heteroatoms. The number of anilines is 1. The lowest BCUT2D eigenvalue weighted by Crippen LogP contribution is -2.43. The van der Waals surface area contributed by atoms with Crippen molar-refractivity contribution in [2.45, 2.75) is 25.3 Å². The van der Waals surface area contributed by atoms with Crippen LogP contribution in [-0.2, 0) is 16.6 Å². The van der Waals surface area contributed by atoms with Gasteiger partial charge in [-0.1, -0.05) is 30.3 Å². The van der Waals surface area contributed by atoms with Crippen molar-refractivity contribution in [2.24, 2.45) is 12.8 Å². The molecule has 0 aliphatic carbocycles. The number of rotatable bonds is 5. The fourth-order valence-corrected chi connectivity index (χ4v) is 3.30. The first kappa shape index (κ1) is 17.7. The minimum atomic E-state index is -0.707. The molecule has 136 valence electrons. The van der Waals surface area contributed by atoms with E-state index in [1.165, 1.54) is 6.07 Å². The van der Waals surface area contributed by atoms with E-state index in [9.17, 15) is 14.4 Å². The number of carbonyl (C=O) groups is 3. The minimum absolute atomic E-state index is 0.0221. The molecule has 0 bridgehead atoms. The van der Waals surface area contributed by atoms with Crippen LogP contribution in [0.15, 0.2) is 42.6 Å². The van der Waals surface area contributed by atoms with Crippen LogP contribution < -0.4 is 11.1 Å². The van der Waals surface area contributed by atoms with Gasteiger partial charge in [-0.25, -0.2) is 0 Å². The van der Waals surface area contributed by atoms with Crippen LogP contribution in [0.3, 0.4) is 0 Å². The van der Waals surface area contributed by atoms with E-state index in [-0.39, 0.29) is 11.8 Å². The van der Waals surface area contributed by atoms with E-state index in [4.69, 9.17) is 5.73 Å². The minimum Gasteiger partial charge on any atom is -0.364 e. The molecule has 1 fully saturated rings. The third-order valence-electron chi connectivity index (χ3n) is 4.56. The number of aryl methyl sites for hydroxylation is 1. The molecule has 3 rings (SSSR count). The molecular formula is C19H22N4O3. The Morgan fingerprint density at radius 3 is 2.54 bits per heavy atom. The zero-order chi connectivity index (χ0) is 18.7. The molecule has 1 atom stereocenters. The number of likely N-dealkylation sites (tertiary alicyclic amines) is 1. The topological polar surface area (TPSA) is 97.4 Å². The number of hydrogen-bond acceptors (Lipinski definition) is 3. The highest BCUT2D eigenvalue weighted by molar-refractivity contribution is 5.99. The molecular weight excluding hydrogens is 332 g/mol. The molecule has 1 unspecified atom stereocenters. The molecule has 2 heterocycles. The Bertz CT molecular complexity index is 829. The molecule has 1 aromatic heterocycles. The number of nitrogens with two attached hydrogens (primary N) is 1. The first-order valence-corrected chi connectivity index (χ1v) is 8.59. The maximum Gasteiger partial charge on any atom is 0.265 e. The van der Waals surface area contributed by atoms with Crippen LogP contribution in [0, 0.1) is 0 Å². The predicted molar refractivity (Wildman–Crippen MR) is 97.3 cm³/mol. The highest BCUT2D eigenvalue weighted by Crippen LogP contribution is 2.27. The van der Waals surface area contributed by atoms with E-state index in [2.05, 4.69) is 5.32 Å². The summed E-state index contributed by atoms with van der Waals surface area (Å²) in [7, 11) is 1.68. The lowest BCUT2D eigenvalue weighted by Gasteiger charge is -2.34. The summed E-state index contributed by atoms with van der Waals surface area (Å²) in [6.07, 6.45) is 3.80. The first-order valence-electron chi connectivity index (χ1n) is 8.59. The van der Waals surface area contributed by atoms with E-state index in [1.807, 2.05) is 30.3 Å². The summed E-state index contributed by atoms with van der Waals surface area (Å²) in [4.78, 5) is 38.4. The second-order valence-electron chi connectivity index (χ2n) is 6.44. The summed E-state index contributed by atoms with van der Waals surface area (Å²) in [5.41, 5.74) is 6.84. The molecule has 26 heavy (non-hydrogen) atoms. The quantitative estimate of drug-likeness (QED) is 0.857. The van der Waals surface area contributed by atoms with Crippen molar-refractivity contribution in [1.82, 2.24) is 9.47 Å². The molecule has 0 spiro atoms. The fourth-order valence-electron chi connectivity index (χ4n) is 3.30. The highest BCUT2D eigenvalue weighted by atomic mass is 16.2. The highest BCUT2D eigenvalue weighted by Gasteiger charge is 2.32. The second-order valence-corrected chi connectivity index (χ2v) is 6.44. The van der Waals surface area contributed by atoms with Gasteiger partial charge in [0.25, 0.3) is 11.8 Å². The van der Waals surface area contributed by atoms with Crippen molar-refractivity contribution < 1.29 is 14.4 Å². The number of benzene rings is 1. The zero-order valence-corrected chi connectivity index (χ0v) is 14.6. The summed E-state index contributed by atoms with van der Waals surface area (Å²) in [5, 5.41) is 2.81. The van der Waals surface area contributed by atoms with E-state index in [0.29, 0.717) is 24.3 Å². The molecule has 0 saturated carbocycles. The summed E-state index contributed by atoms with van der Waals surface area (Å²) in [6.45, 7) is 0.549. The number of nitrogens with zero attached hydrogens (tertiary/aromatic N) is 2. The summed E-state index contributed by atoms with van der Waals surface area (Å²) >= 11 is 0. The molecule has 1 aliphatic rings. The number of nitrogens with one attached hydrogen (secondary N) is 1. The van der Waals surface area contributed by atoms with E-state index >= 15 is 0 Å². The smallest absolute Gasteiger partial charge is 0.265 e. The van der Waals surface area contributed by atoms with E-state index in [1.54, 1.807) is 22.7 Å². The number of hydrogen-bond donors (Lipinski definition) is 2. The Morgan fingerprint density at radius 2 is 1.92 bits per heavy atom. The van der Waals surface area contributed by atoms with Gasteiger partial charge in [0.05, 0.1) is 5.69 Å². The second kappa shape index (κ2) is 7.43. The van der Waals surface area contributed by atoms with Crippen LogP contribution >= 0.6 is 0 Å². The number of carbonyl (C=O) groups excluding carboxylic acids is 3. The maximum atomic E-state index is 13.0. The van der Waals surface area contributed by atoms with Crippen molar-refractivity contribution in [3.8, 4) is 0 Å². The molecule has 1 aliphatic heterocycles. The van der Waals surface area contributed by atoms with Gasteiger partial charge < -0.3 is 20.5 Å². The summed E-state index contributed by atoms with van der Waals surface area (Å²) < 4.78 is 1.56. The number of piperidine rings is 1. The third kappa shape index (κ3) is 3.61. The molecule has 0 radical (unpaired) electrons. The van der Waals surface area contributed by atoms with Gasteiger partial charge >= 0.3 is 0 Å². The van der Waals surface area contributed by atoms with Gasteiger partial charge in [0.15, 0.2) is 0 Å². The van der Waals surface area contributed by atoms with Gasteiger partial charge in [-0.3, -0.25) is 14.4 Å². The lowest BCUT2D eigenvalue weighted by atomic mass is 10.0. The van der Waals surface area contributed by atoms with Crippen molar-refractivity contribution in [3.63, 3.8) is 0 Å². The van der Waals surface area contributed by atoms with Crippen LogP contribution in [0.2, 0.25) is 0 Å². The summed E-state index contributed by atoms with van der Waals surface area (Å²) in [6, 6.07) is 10.1. The van der Waals surface area contributed by atoms with Gasteiger partial charge in [-0.05, 0) is 24.5 Å². The Labute approximate surface area is 151 Å². The van der Waals surface area contributed by atoms with Crippen molar-refractivity contribution >= 4 is 23.4 Å². The predicted octanol–water partition coefficient (Wildman–Crippen LogP) is 1.82. The molecule has 1 saturated heterocycles. The Hall–Kier alpha value is -3.09. The monoisotopic (exact) mass is 354 g/mol. The Kier molecular flexibility index (Phi) is 5.06. The van der Waals surface area contributed by atoms with Crippen molar-refractivity contribution in [3.05, 3.63) is 53.9 Å². The number of aromatic nitrogens is 1. The van der Waals surface area contributed by atoms with Gasteiger partial charge in [0.2, 0.25) is 5.91 Å². The van der Waals surface area contributed by atoms with E-state index < -0.39 is 11.9 Å². The Morgan fingerprint density at radius 1 is 1.19 bits per heavy atom. The molecule has 1 aromatic carbocycles. The number of amides is 3. The van der Waals surface area contributed by atoms with Gasteiger partial charge in [-0.15, -0.1) is 0 Å². The van der Waals surface area contributed by atoms with Crippen LogP contribution in [-0.4, -0.2) is 33.7 Å². The molecule has 3 N–H and O–H groups in total. The standard InChI is InChI=1S/C19H22N4O3/c1-22-12-14(11-15(22)18(20)25)21-19(26)17(13-7-3-2-4-8-13)23-10-6-5-9-16(23)24/h2-4,7-8,11-12,17H,5-6,9-10H2,1H3,(H2,20,25)(H,21,26). The average Bonchev–Trinajstić information content (AvgIpc) is 2.98. The molecule has 7 nitrogen and oxygen atoms in total. The third-order valence-corrected chi connectivity index (χ3v) is 4.56. The summed E-state index contributed by atoms with van der Waals surface area (Å²) in [5.74, 6) is -0.905. The van der Waals surface area contributed by atoms with Crippen molar-refractivity contribution in [2.75, 3.05) is 11.9 Å². The first-order chi connectivity index (χ1) is 12.5. The number of primary amides is 1. The molecule has 2 aromatic rings. The normalized spacial score (nSPS) is 15.6. The van der Waals surface area contributed by atoms with Gasteiger partial charge in [0.1, 0.15) is 11.7 Å². The maximum absolute atomic E-state index is 13.0. The Balaban J connectivity index is 1.89. The zero-order valence-electron chi connectivity index (χ0n) is 14.6. The van der Waals surface area contributed by atoms with Crippen LogP contribution in [0.5, 0.6) is 0 Å². The van der Waals surface area contributed by atoms with Gasteiger partial charge in [-0.2, -0.15) is 0 Å². The lowest BCUT2D eigenvalue weighted by molar-refractivity contribution is -0.141. The van der Waals surface area contributed by atoms with Crippen LogP contribution in [0.25, 0.3) is 0 Å². The van der Waals surface area contributed by atoms with Crippen molar-refractivity contribution in [1.29, 1.82) is 0 Å². The van der Waals surface area contributed by atoms with Gasteiger partial charge in [0, 0.05) is 26.2 Å². The SMILES string of the molecule is Cn1cc(NC(=O)C(c2ccccc2)N2CCCCC2=O)cc1C(N)=O. The van der Waals surface area contributed by atoms with E-state index in [0.717, 1.165) is 18.4 Å². The van der Waals surface area contributed by atoms with Crippen LogP contribution in [0.4, 0.5) is 5.69 Å². The molecule has 3 amide bonds. The van der Waals surface area contributed by atoms with Crippen LogP contribution in [0.1, 0.15) is 41.4 Å².